The standard InChI is InChI=1S/C19H26ClN5O/c1-14-23-17(13-18(24-14)21-10-4-12-25(2)3)19(26)22-11-9-15-5-7-16(20)8-6-15/h5-8,13H,4,9-12H2,1-3H3,(H,22,26)(H,21,23,24). The second kappa shape index (κ2) is 10.1. The maximum Gasteiger partial charge on any atom is 0.270 e. The summed E-state index contributed by atoms with van der Waals surface area (Å²) < 4.78 is 0. The number of hydrogen-bond acceptors (Lipinski definition) is 5. The van der Waals surface area contributed by atoms with Gasteiger partial charge in [0.1, 0.15) is 17.3 Å². The maximum absolute atomic E-state index is 12.4. The predicted molar refractivity (Wildman–Crippen MR) is 106 cm³/mol. The molecule has 7 heteroatoms. The molecule has 0 atom stereocenters. The van der Waals surface area contributed by atoms with E-state index in [4.69, 9.17) is 11.6 Å². The van der Waals surface area contributed by atoms with E-state index in [0.717, 1.165) is 31.5 Å². The van der Waals surface area contributed by atoms with Gasteiger partial charge in [0.15, 0.2) is 0 Å². The van der Waals surface area contributed by atoms with Gasteiger partial charge in [0.05, 0.1) is 0 Å². The molecule has 2 aromatic rings. The molecule has 2 N–H and O–H groups in total. The van der Waals surface area contributed by atoms with Crippen molar-refractivity contribution in [3.63, 3.8) is 0 Å². The molecule has 0 aliphatic heterocycles. The third-order valence-electron chi connectivity index (χ3n) is 3.77. The highest BCUT2D eigenvalue weighted by Gasteiger charge is 2.10. The number of hydrogen-bond donors (Lipinski definition) is 2. The zero-order valence-corrected chi connectivity index (χ0v) is 16.3. The molecule has 6 nitrogen and oxygen atoms in total. The average molecular weight is 376 g/mol. The quantitative estimate of drug-likeness (QED) is 0.659. The Kier molecular flexibility index (Phi) is 7.81. The number of rotatable bonds is 9. The van der Waals surface area contributed by atoms with Crippen molar-refractivity contribution >= 4 is 23.3 Å². The van der Waals surface area contributed by atoms with Gasteiger partial charge in [-0.1, -0.05) is 23.7 Å². The zero-order valence-electron chi connectivity index (χ0n) is 15.6. The van der Waals surface area contributed by atoms with Crippen LogP contribution < -0.4 is 10.6 Å². The van der Waals surface area contributed by atoms with E-state index in [1.807, 2.05) is 38.4 Å². The minimum Gasteiger partial charge on any atom is -0.370 e. The fourth-order valence-electron chi connectivity index (χ4n) is 2.45. The number of carbonyl (C=O) groups is 1. The lowest BCUT2D eigenvalue weighted by molar-refractivity contribution is 0.0949. The lowest BCUT2D eigenvalue weighted by Gasteiger charge is -2.11. The predicted octanol–water partition coefficient (Wildman–Crippen LogP) is 2.77. The molecular formula is C19H26ClN5O. The summed E-state index contributed by atoms with van der Waals surface area (Å²) in [6.45, 7) is 4.12. The first-order valence-electron chi connectivity index (χ1n) is 8.71. The van der Waals surface area contributed by atoms with Crippen LogP contribution in [0.25, 0.3) is 0 Å². The van der Waals surface area contributed by atoms with E-state index in [1.54, 1.807) is 13.0 Å². The number of aryl methyl sites for hydroxylation is 1. The molecule has 0 saturated heterocycles. The highest BCUT2D eigenvalue weighted by atomic mass is 35.5. The highest BCUT2D eigenvalue weighted by Crippen LogP contribution is 2.10. The fraction of sp³-hybridized carbons (Fsp3) is 0.421. The van der Waals surface area contributed by atoms with Gasteiger partial charge >= 0.3 is 0 Å². The van der Waals surface area contributed by atoms with Gasteiger partial charge in [-0.2, -0.15) is 0 Å². The van der Waals surface area contributed by atoms with Crippen LogP contribution in [0.4, 0.5) is 5.82 Å². The maximum atomic E-state index is 12.4. The minimum atomic E-state index is -0.194. The monoisotopic (exact) mass is 375 g/mol. The van der Waals surface area contributed by atoms with Crippen molar-refractivity contribution in [2.24, 2.45) is 0 Å². The van der Waals surface area contributed by atoms with E-state index in [9.17, 15) is 4.79 Å². The number of benzene rings is 1. The van der Waals surface area contributed by atoms with Gasteiger partial charge in [-0.3, -0.25) is 4.79 Å². The molecule has 0 aliphatic carbocycles. The summed E-state index contributed by atoms with van der Waals surface area (Å²) in [7, 11) is 4.09. The molecule has 0 fully saturated rings. The first kappa shape index (κ1) is 20.1. The van der Waals surface area contributed by atoms with Crippen molar-refractivity contribution < 1.29 is 4.79 Å². The highest BCUT2D eigenvalue weighted by molar-refractivity contribution is 6.30. The Morgan fingerprint density at radius 2 is 1.88 bits per heavy atom. The Balaban J connectivity index is 1.86. The average Bonchev–Trinajstić information content (AvgIpc) is 2.60. The first-order valence-corrected chi connectivity index (χ1v) is 9.09. The first-order chi connectivity index (χ1) is 12.4. The van der Waals surface area contributed by atoms with Crippen LogP contribution in [0.1, 0.15) is 28.3 Å². The van der Waals surface area contributed by atoms with E-state index in [0.29, 0.717) is 28.9 Å². The second-order valence-corrected chi connectivity index (χ2v) is 6.84. The zero-order chi connectivity index (χ0) is 18.9. The molecule has 2 rings (SSSR count). The van der Waals surface area contributed by atoms with Gasteiger partial charge in [-0.15, -0.1) is 0 Å². The largest absolute Gasteiger partial charge is 0.370 e. The Hall–Kier alpha value is -2.18. The van der Waals surface area contributed by atoms with Gasteiger partial charge < -0.3 is 15.5 Å². The summed E-state index contributed by atoms with van der Waals surface area (Å²) in [5, 5.41) is 6.86. The van der Waals surface area contributed by atoms with Crippen LogP contribution in [0.15, 0.2) is 30.3 Å². The third-order valence-corrected chi connectivity index (χ3v) is 4.02. The second-order valence-electron chi connectivity index (χ2n) is 6.40. The molecule has 1 heterocycles. The van der Waals surface area contributed by atoms with Gasteiger partial charge in [0.2, 0.25) is 0 Å². The van der Waals surface area contributed by atoms with E-state index in [-0.39, 0.29) is 5.91 Å². The summed E-state index contributed by atoms with van der Waals surface area (Å²) in [5.74, 6) is 1.06. The number of nitrogens with zero attached hydrogens (tertiary/aromatic N) is 3. The Bertz CT molecular complexity index is 718. The molecule has 140 valence electrons. The molecule has 0 unspecified atom stereocenters. The number of halogens is 1. The topological polar surface area (TPSA) is 70.2 Å². The normalized spacial score (nSPS) is 10.8. The third kappa shape index (κ3) is 6.98. The lowest BCUT2D eigenvalue weighted by Crippen LogP contribution is -2.27. The van der Waals surface area contributed by atoms with E-state index >= 15 is 0 Å². The van der Waals surface area contributed by atoms with Crippen LogP contribution >= 0.6 is 11.6 Å². The van der Waals surface area contributed by atoms with Crippen LogP contribution in [0.2, 0.25) is 5.02 Å². The summed E-state index contributed by atoms with van der Waals surface area (Å²) in [4.78, 5) is 23.1. The number of anilines is 1. The number of nitrogens with one attached hydrogen (secondary N) is 2. The van der Waals surface area contributed by atoms with Crippen molar-refractivity contribution in [2.75, 3.05) is 39.0 Å². The van der Waals surface area contributed by atoms with Crippen LogP contribution in [-0.4, -0.2) is 54.5 Å². The lowest BCUT2D eigenvalue weighted by atomic mass is 10.1. The number of amides is 1. The number of carbonyl (C=O) groups excluding carboxylic acids is 1. The molecule has 1 aromatic carbocycles. The molecular weight excluding hydrogens is 350 g/mol. The van der Waals surface area contributed by atoms with Gasteiger partial charge in [0, 0.05) is 24.2 Å². The van der Waals surface area contributed by atoms with Gasteiger partial charge in [-0.05, 0) is 58.1 Å². The van der Waals surface area contributed by atoms with Crippen molar-refractivity contribution in [1.82, 2.24) is 20.2 Å². The molecule has 26 heavy (non-hydrogen) atoms. The SMILES string of the molecule is Cc1nc(NCCCN(C)C)cc(C(=O)NCCc2ccc(Cl)cc2)n1. The number of aromatic nitrogens is 2. The van der Waals surface area contributed by atoms with E-state index in [1.165, 1.54) is 0 Å². The Labute approximate surface area is 160 Å². The molecule has 0 bridgehead atoms. The van der Waals surface area contributed by atoms with Crippen LogP contribution in [0.3, 0.4) is 0 Å². The molecule has 0 spiro atoms. The van der Waals surface area contributed by atoms with Crippen molar-refractivity contribution in [3.8, 4) is 0 Å². The molecule has 1 amide bonds. The summed E-state index contributed by atoms with van der Waals surface area (Å²) >= 11 is 5.87. The molecule has 0 saturated carbocycles. The van der Waals surface area contributed by atoms with Gasteiger partial charge in [0.25, 0.3) is 5.91 Å². The van der Waals surface area contributed by atoms with Crippen LogP contribution in [0.5, 0.6) is 0 Å². The summed E-state index contributed by atoms with van der Waals surface area (Å²) in [5.41, 5.74) is 1.50. The Morgan fingerprint density at radius 3 is 2.58 bits per heavy atom. The van der Waals surface area contributed by atoms with Crippen molar-refractivity contribution in [1.29, 1.82) is 0 Å². The molecule has 0 aliphatic rings. The van der Waals surface area contributed by atoms with Crippen molar-refractivity contribution in [3.05, 3.63) is 52.4 Å². The summed E-state index contributed by atoms with van der Waals surface area (Å²) in [6.07, 6.45) is 1.74. The summed E-state index contributed by atoms with van der Waals surface area (Å²) in [6, 6.07) is 9.31. The van der Waals surface area contributed by atoms with Crippen LogP contribution in [0, 0.1) is 6.92 Å². The van der Waals surface area contributed by atoms with Crippen LogP contribution in [-0.2, 0) is 6.42 Å². The Morgan fingerprint density at radius 1 is 1.15 bits per heavy atom. The van der Waals surface area contributed by atoms with E-state index < -0.39 is 0 Å². The minimum absolute atomic E-state index is 0.194. The van der Waals surface area contributed by atoms with Gasteiger partial charge in [-0.25, -0.2) is 9.97 Å². The molecule has 1 aromatic heterocycles. The smallest absolute Gasteiger partial charge is 0.270 e. The molecule has 0 radical (unpaired) electrons. The van der Waals surface area contributed by atoms with Crippen molar-refractivity contribution in [2.45, 2.75) is 19.8 Å². The van der Waals surface area contributed by atoms with E-state index in [2.05, 4.69) is 25.5 Å². The fourth-order valence-corrected chi connectivity index (χ4v) is 2.57.